The number of hydrogen-bond acceptors (Lipinski definition) is 3. The molecule has 0 atom stereocenters. The number of Topliss-reactive ketones (excluding diaryl/α,β-unsaturated/α-hetero) is 1. The molecule has 0 bridgehead atoms. The number of ketones is 1. The van der Waals surface area contributed by atoms with Crippen molar-refractivity contribution in [1.82, 2.24) is 0 Å². The van der Waals surface area contributed by atoms with Crippen molar-refractivity contribution < 1.29 is 14.3 Å². The lowest BCUT2D eigenvalue weighted by Gasteiger charge is -2.06. The highest BCUT2D eigenvalue weighted by Crippen LogP contribution is 2.20. The molecular weight excluding hydrogens is 308 g/mol. The summed E-state index contributed by atoms with van der Waals surface area (Å²) in [6, 6.07) is 13.6. The summed E-state index contributed by atoms with van der Waals surface area (Å²) in [6.07, 6.45) is 0. The highest BCUT2D eigenvalue weighted by molar-refractivity contribution is 9.10. The minimum absolute atomic E-state index is 0.110. The molecule has 0 heterocycles. The number of hydrogen-bond donors (Lipinski definition) is 0. The number of carbonyl (C=O) groups excluding carboxylic acids is 2. The van der Waals surface area contributed by atoms with E-state index < -0.39 is 5.97 Å². The van der Waals surface area contributed by atoms with Crippen LogP contribution < -0.4 is 4.74 Å². The van der Waals surface area contributed by atoms with E-state index in [1.165, 1.54) is 13.0 Å². The zero-order chi connectivity index (χ0) is 13.8. The van der Waals surface area contributed by atoms with Crippen molar-refractivity contribution in [2.24, 2.45) is 0 Å². The molecule has 0 spiro atoms. The van der Waals surface area contributed by atoms with Crippen LogP contribution in [0.1, 0.15) is 27.6 Å². The highest BCUT2D eigenvalue weighted by Gasteiger charge is 2.13. The Morgan fingerprint density at radius 3 is 2.37 bits per heavy atom. The van der Waals surface area contributed by atoms with Crippen LogP contribution >= 0.6 is 15.9 Å². The van der Waals surface area contributed by atoms with Gasteiger partial charge in [-0.25, -0.2) is 4.79 Å². The molecule has 2 rings (SSSR count). The maximum absolute atomic E-state index is 12.0. The second-order valence-electron chi connectivity index (χ2n) is 3.95. The van der Waals surface area contributed by atoms with Gasteiger partial charge < -0.3 is 4.74 Å². The van der Waals surface area contributed by atoms with Crippen LogP contribution in [0.4, 0.5) is 0 Å². The van der Waals surface area contributed by atoms with Gasteiger partial charge in [0.15, 0.2) is 5.78 Å². The molecule has 0 aromatic heterocycles. The summed E-state index contributed by atoms with van der Waals surface area (Å²) in [7, 11) is 0. The van der Waals surface area contributed by atoms with Gasteiger partial charge in [0.1, 0.15) is 5.75 Å². The van der Waals surface area contributed by atoms with Crippen LogP contribution in [-0.4, -0.2) is 11.8 Å². The predicted molar refractivity (Wildman–Crippen MR) is 75.5 cm³/mol. The van der Waals surface area contributed by atoms with Crippen molar-refractivity contribution in [2.45, 2.75) is 6.92 Å². The van der Waals surface area contributed by atoms with Gasteiger partial charge in [0.25, 0.3) is 0 Å². The monoisotopic (exact) mass is 318 g/mol. The van der Waals surface area contributed by atoms with Crippen molar-refractivity contribution in [3.8, 4) is 5.75 Å². The topological polar surface area (TPSA) is 43.4 Å². The average Bonchev–Trinajstić information content (AvgIpc) is 2.40. The van der Waals surface area contributed by atoms with Gasteiger partial charge in [-0.1, -0.05) is 34.1 Å². The highest BCUT2D eigenvalue weighted by atomic mass is 79.9. The van der Waals surface area contributed by atoms with Gasteiger partial charge in [-0.05, 0) is 37.3 Å². The molecule has 0 saturated heterocycles. The van der Waals surface area contributed by atoms with Crippen molar-refractivity contribution >= 4 is 27.7 Å². The molecule has 0 aliphatic carbocycles. The van der Waals surface area contributed by atoms with Gasteiger partial charge in [0.05, 0.1) is 5.56 Å². The maximum atomic E-state index is 12.0. The molecule has 4 heteroatoms. The normalized spacial score (nSPS) is 10.0. The summed E-state index contributed by atoms with van der Waals surface area (Å²) in [4.78, 5) is 23.4. The first-order valence-corrected chi connectivity index (χ1v) is 6.45. The zero-order valence-electron chi connectivity index (χ0n) is 10.2. The fraction of sp³-hybridized carbons (Fsp3) is 0.0667. The second kappa shape index (κ2) is 5.80. The van der Waals surface area contributed by atoms with E-state index in [2.05, 4.69) is 15.9 Å². The summed E-state index contributed by atoms with van der Waals surface area (Å²) in [5.74, 6) is -0.123. The molecule has 3 nitrogen and oxygen atoms in total. The van der Waals surface area contributed by atoms with E-state index >= 15 is 0 Å². The molecule has 0 amide bonds. The minimum Gasteiger partial charge on any atom is -0.423 e. The van der Waals surface area contributed by atoms with Gasteiger partial charge in [-0.15, -0.1) is 0 Å². The van der Waals surface area contributed by atoms with Gasteiger partial charge in [0.2, 0.25) is 0 Å². The summed E-state index contributed by atoms with van der Waals surface area (Å²) >= 11 is 3.27. The van der Waals surface area contributed by atoms with Crippen LogP contribution in [0, 0.1) is 0 Å². The Bertz CT molecular complexity index is 621. The molecule has 19 heavy (non-hydrogen) atoms. The number of benzene rings is 2. The van der Waals surface area contributed by atoms with Crippen LogP contribution in [0.5, 0.6) is 5.75 Å². The maximum Gasteiger partial charge on any atom is 0.343 e. The molecule has 0 aliphatic rings. The smallest absolute Gasteiger partial charge is 0.343 e. The number of ether oxygens (including phenoxy) is 1. The van der Waals surface area contributed by atoms with E-state index in [0.29, 0.717) is 21.3 Å². The molecule has 0 fully saturated rings. The fourth-order valence-electron chi connectivity index (χ4n) is 1.58. The average molecular weight is 319 g/mol. The third-order valence-electron chi connectivity index (χ3n) is 2.54. The number of rotatable bonds is 3. The van der Waals surface area contributed by atoms with Crippen molar-refractivity contribution in [3.63, 3.8) is 0 Å². The summed E-state index contributed by atoms with van der Waals surface area (Å²) in [5, 5.41) is 0. The zero-order valence-corrected chi connectivity index (χ0v) is 11.8. The first-order chi connectivity index (χ1) is 9.08. The molecule has 0 unspecified atom stereocenters. The van der Waals surface area contributed by atoms with Crippen molar-refractivity contribution in [3.05, 3.63) is 64.1 Å². The first-order valence-electron chi connectivity index (χ1n) is 5.65. The summed E-state index contributed by atoms with van der Waals surface area (Å²) < 4.78 is 5.87. The lowest BCUT2D eigenvalue weighted by atomic mass is 10.1. The number of halogens is 1. The Labute approximate surface area is 119 Å². The Hall–Kier alpha value is -1.94. The molecule has 0 aliphatic heterocycles. The van der Waals surface area contributed by atoms with Gasteiger partial charge >= 0.3 is 5.97 Å². The van der Waals surface area contributed by atoms with Crippen LogP contribution in [0.3, 0.4) is 0 Å². The number of carbonyl (C=O) groups is 2. The standard InChI is InChI=1S/C15H11BrO3/c1-10(17)13-9-11(7-8-14(13)16)15(18)19-12-5-3-2-4-6-12/h2-9H,1H3. The molecule has 96 valence electrons. The molecule has 0 N–H and O–H groups in total. The Morgan fingerprint density at radius 2 is 1.74 bits per heavy atom. The second-order valence-corrected chi connectivity index (χ2v) is 4.81. The molecular formula is C15H11BrO3. The lowest BCUT2D eigenvalue weighted by molar-refractivity contribution is 0.0734. The third-order valence-corrected chi connectivity index (χ3v) is 3.23. The fourth-order valence-corrected chi connectivity index (χ4v) is 2.10. The van der Waals surface area contributed by atoms with E-state index in [9.17, 15) is 9.59 Å². The minimum atomic E-state index is -0.485. The van der Waals surface area contributed by atoms with Crippen molar-refractivity contribution in [2.75, 3.05) is 0 Å². The van der Waals surface area contributed by atoms with Crippen LogP contribution in [-0.2, 0) is 0 Å². The third kappa shape index (κ3) is 3.29. The first kappa shape index (κ1) is 13.5. The largest absolute Gasteiger partial charge is 0.423 e. The molecule has 0 saturated carbocycles. The van der Waals surface area contributed by atoms with E-state index in [0.717, 1.165) is 0 Å². The quantitative estimate of drug-likeness (QED) is 0.490. The van der Waals surface area contributed by atoms with Crippen LogP contribution in [0.25, 0.3) is 0 Å². The van der Waals surface area contributed by atoms with E-state index in [-0.39, 0.29) is 5.78 Å². The Kier molecular flexibility index (Phi) is 4.12. The van der Waals surface area contributed by atoms with E-state index in [1.54, 1.807) is 36.4 Å². The molecule has 0 radical (unpaired) electrons. The SMILES string of the molecule is CC(=O)c1cc(C(=O)Oc2ccccc2)ccc1Br. The number of esters is 1. The predicted octanol–water partition coefficient (Wildman–Crippen LogP) is 3.87. The van der Waals surface area contributed by atoms with Crippen LogP contribution in [0.2, 0.25) is 0 Å². The summed E-state index contributed by atoms with van der Waals surface area (Å²) in [6.45, 7) is 1.45. The van der Waals surface area contributed by atoms with Gasteiger partial charge in [-0.3, -0.25) is 4.79 Å². The van der Waals surface area contributed by atoms with Gasteiger partial charge in [0, 0.05) is 10.0 Å². The Morgan fingerprint density at radius 1 is 1.05 bits per heavy atom. The summed E-state index contributed by atoms with van der Waals surface area (Å²) in [5.41, 5.74) is 0.805. The molecule has 2 aromatic rings. The Balaban J connectivity index is 2.25. The molecule has 2 aromatic carbocycles. The van der Waals surface area contributed by atoms with Crippen molar-refractivity contribution in [1.29, 1.82) is 0 Å². The van der Waals surface area contributed by atoms with Crippen LogP contribution in [0.15, 0.2) is 53.0 Å². The lowest BCUT2D eigenvalue weighted by Crippen LogP contribution is -2.09. The number of para-hydroxylation sites is 1. The van der Waals surface area contributed by atoms with E-state index in [4.69, 9.17) is 4.74 Å². The van der Waals surface area contributed by atoms with E-state index in [1.807, 2.05) is 6.07 Å². The van der Waals surface area contributed by atoms with Gasteiger partial charge in [-0.2, -0.15) is 0 Å².